The van der Waals surface area contributed by atoms with Crippen LogP contribution in [0, 0.1) is 0 Å². The maximum Gasteiger partial charge on any atom is 0.253 e. The molecule has 1 aliphatic rings. The smallest absolute Gasteiger partial charge is 0.253 e. The number of hydrogen-bond acceptors (Lipinski definition) is 4. The minimum absolute atomic E-state index is 0.0689. The van der Waals surface area contributed by atoms with Crippen LogP contribution in [0.25, 0.3) is 11.1 Å². The molecule has 0 saturated carbocycles. The highest BCUT2D eigenvalue weighted by Gasteiger charge is 2.21. The topological polar surface area (TPSA) is 65.6 Å². The van der Waals surface area contributed by atoms with Crippen LogP contribution >= 0.6 is 0 Å². The van der Waals surface area contributed by atoms with Crippen LogP contribution in [0.5, 0.6) is 0 Å². The number of aromatic amines is 1. The number of nitrogens with one attached hydrogen (secondary N) is 1. The lowest BCUT2D eigenvalue weighted by molar-refractivity contribution is 0.0594. The van der Waals surface area contributed by atoms with E-state index in [1.54, 1.807) is 19.4 Å². The van der Waals surface area contributed by atoms with Gasteiger partial charge in [0.25, 0.3) is 5.91 Å². The first-order valence-corrected chi connectivity index (χ1v) is 8.47. The van der Waals surface area contributed by atoms with Crippen molar-refractivity contribution in [2.45, 2.75) is 0 Å². The number of hydrogen-bond donors (Lipinski definition) is 1. The predicted octanol–water partition coefficient (Wildman–Crippen LogP) is 1.45. The van der Waals surface area contributed by atoms with Gasteiger partial charge in [-0.1, -0.05) is 12.1 Å². The Morgan fingerprint density at radius 2 is 1.72 bits per heavy atom. The number of aromatic nitrogens is 1. The summed E-state index contributed by atoms with van der Waals surface area (Å²) in [7, 11) is 1.70. The van der Waals surface area contributed by atoms with Crippen molar-refractivity contribution in [3.63, 3.8) is 0 Å². The number of pyridine rings is 1. The molecule has 132 valence electrons. The molecule has 1 amide bonds. The molecule has 6 nitrogen and oxygen atoms in total. The van der Waals surface area contributed by atoms with Crippen LogP contribution in [0.1, 0.15) is 10.4 Å². The van der Waals surface area contributed by atoms with Gasteiger partial charge in [-0.3, -0.25) is 14.5 Å². The quantitative estimate of drug-likeness (QED) is 0.894. The first-order chi connectivity index (χ1) is 12.2. The van der Waals surface area contributed by atoms with Gasteiger partial charge in [0.05, 0.1) is 6.61 Å². The number of rotatable bonds is 5. The van der Waals surface area contributed by atoms with Crippen LogP contribution < -0.4 is 5.56 Å². The lowest BCUT2D eigenvalue weighted by Gasteiger charge is -2.34. The molecule has 0 spiro atoms. The van der Waals surface area contributed by atoms with E-state index in [0.717, 1.165) is 50.5 Å². The summed E-state index contributed by atoms with van der Waals surface area (Å²) < 4.78 is 5.10. The van der Waals surface area contributed by atoms with Gasteiger partial charge in [-0.15, -0.1) is 0 Å². The highest BCUT2D eigenvalue weighted by Crippen LogP contribution is 2.19. The Bertz CT molecular complexity index is 742. The summed E-state index contributed by atoms with van der Waals surface area (Å²) in [6, 6.07) is 10.8. The molecular formula is C19H23N3O3. The molecule has 0 aliphatic carbocycles. The van der Waals surface area contributed by atoms with Gasteiger partial charge in [-0.2, -0.15) is 0 Å². The first-order valence-electron chi connectivity index (χ1n) is 8.47. The number of H-pyrrole nitrogens is 1. The fourth-order valence-electron chi connectivity index (χ4n) is 2.97. The molecule has 0 unspecified atom stereocenters. The van der Waals surface area contributed by atoms with E-state index in [1.165, 1.54) is 6.07 Å². The average molecular weight is 341 g/mol. The van der Waals surface area contributed by atoms with E-state index in [9.17, 15) is 9.59 Å². The molecule has 1 saturated heterocycles. The number of amides is 1. The van der Waals surface area contributed by atoms with Gasteiger partial charge in [0.1, 0.15) is 0 Å². The Hall–Kier alpha value is -2.44. The molecule has 1 fully saturated rings. The molecular weight excluding hydrogens is 318 g/mol. The molecule has 2 heterocycles. The number of carbonyl (C=O) groups excluding carboxylic acids is 1. The number of ether oxygens (including phenoxy) is 1. The van der Waals surface area contributed by atoms with Crippen molar-refractivity contribution in [3.05, 3.63) is 58.5 Å². The summed E-state index contributed by atoms with van der Waals surface area (Å²) in [6.45, 7) is 4.87. The maximum absolute atomic E-state index is 12.6. The third-order valence-electron chi connectivity index (χ3n) is 4.52. The van der Waals surface area contributed by atoms with E-state index in [0.29, 0.717) is 5.56 Å². The van der Waals surface area contributed by atoms with Crippen LogP contribution in [-0.2, 0) is 4.74 Å². The zero-order chi connectivity index (χ0) is 17.6. The number of nitrogens with zero attached hydrogens (tertiary/aromatic N) is 2. The van der Waals surface area contributed by atoms with Crippen LogP contribution in [0.4, 0.5) is 0 Å². The zero-order valence-corrected chi connectivity index (χ0v) is 14.4. The predicted molar refractivity (Wildman–Crippen MR) is 96.7 cm³/mol. The van der Waals surface area contributed by atoms with Gasteiger partial charge in [0, 0.05) is 57.7 Å². The largest absolute Gasteiger partial charge is 0.383 e. The first kappa shape index (κ1) is 17.4. The van der Waals surface area contributed by atoms with E-state index in [2.05, 4.69) is 9.88 Å². The third-order valence-corrected chi connectivity index (χ3v) is 4.52. The van der Waals surface area contributed by atoms with Crippen molar-refractivity contribution in [3.8, 4) is 11.1 Å². The molecule has 6 heteroatoms. The summed E-state index contributed by atoms with van der Waals surface area (Å²) in [5, 5.41) is 0. The highest BCUT2D eigenvalue weighted by atomic mass is 16.5. The number of methoxy groups -OCH3 is 1. The van der Waals surface area contributed by atoms with Crippen LogP contribution in [0.2, 0.25) is 0 Å². The normalized spacial score (nSPS) is 15.3. The van der Waals surface area contributed by atoms with Crippen molar-refractivity contribution >= 4 is 5.91 Å². The molecule has 3 rings (SSSR count). The minimum Gasteiger partial charge on any atom is -0.383 e. The monoisotopic (exact) mass is 341 g/mol. The minimum atomic E-state index is -0.125. The van der Waals surface area contributed by atoms with E-state index in [-0.39, 0.29) is 11.5 Å². The molecule has 0 atom stereocenters. The Balaban J connectivity index is 1.61. The number of piperazine rings is 1. The second-order valence-electron chi connectivity index (χ2n) is 6.15. The SMILES string of the molecule is COCCN1CCN(C(=O)c2ccc(-c3ccc(=O)[nH]c3)cc2)CC1. The summed E-state index contributed by atoms with van der Waals surface area (Å²) in [5.74, 6) is 0.0689. The van der Waals surface area contributed by atoms with Crippen molar-refractivity contribution in [1.82, 2.24) is 14.8 Å². The molecule has 0 radical (unpaired) electrons. The molecule has 1 aliphatic heterocycles. The fraction of sp³-hybridized carbons (Fsp3) is 0.368. The zero-order valence-electron chi connectivity index (χ0n) is 14.4. The summed E-state index contributed by atoms with van der Waals surface area (Å²) in [5.41, 5.74) is 2.46. The Labute approximate surface area is 147 Å². The number of carbonyl (C=O) groups is 1. The van der Waals surface area contributed by atoms with Gasteiger partial charge >= 0.3 is 0 Å². The van der Waals surface area contributed by atoms with Crippen molar-refractivity contribution in [2.75, 3.05) is 46.4 Å². The standard InChI is InChI=1S/C19H23N3O3/c1-25-13-12-21-8-10-22(11-9-21)19(24)16-4-2-15(3-5-16)17-6-7-18(23)20-14-17/h2-7,14H,8-13H2,1H3,(H,20,23). The fourth-order valence-corrected chi connectivity index (χ4v) is 2.97. The molecule has 0 bridgehead atoms. The van der Waals surface area contributed by atoms with E-state index >= 15 is 0 Å². The second-order valence-corrected chi connectivity index (χ2v) is 6.15. The highest BCUT2D eigenvalue weighted by molar-refractivity contribution is 5.94. The van der Waals surface area contributed by atoms with Gasteiger partial charge < -0.3 is 14.6 Å². The lowest BCUT2D eigenvalue weighted by atomic mass is 10.0. The Morgan fingerprint density at radius 3 is 2.32 bits per heavy atom. The van der Waals surface area contributed by atoms with Crippen LogP contribution in [0.15, 0.2) is 47.4 Å². The third kappa shape index (κ3) is 4.35. The average Bonchev–Trinajstić information content (AvgIpc) is 2.67. The summed E-state index contributed by atoms with van der Waals surface area (Å²) in [4.78, 5) is 30.7. The molecule has 1 aromatic carbocycles. The van der Waals surface area contributed by atoms with Gasteiger partial charge in [0.2, 0.25) is 5.56 Å². The second kappa shape index (κ2) is 8.09. The maximum atomic E-state index is 12.6. The molecule has 1 N–H and O–H groups in total. The van der Waals surface area contributed by atoms with E-state index < -0.39 is 0 Å². The molecule has 25 heavy (non-hydrogen) atoms. The number of benzene rings is 1. The summed E-state index contributed by atoms with van der Waals surface area (Å²) in [6.07, 6.45) is 1.68. The van der Waals surface area contributed by atoms with Gasteiger partial charge in [-0.05, 0) is 29.3 Å². The van der Waals surface area contributed by atoms with Crippen molar-refractivity contribution < 1.29 is 9.53 Å². The van der Waals surface area contributed by atoms with Crippen molar-refractivity contribution in [2.24, 2.45) is 0 Å². The molecule has 2 aromatic rings. The van der Waals surface area contributed by atoms with E-state index in [4.69, 9.17) is 4.74 Å². The van der Waals surface area contributed by atoms with E-state index in [1.807, 2.05) is 29.2 Å². The van der Waals surface area contributed by atoms with Gasteiger partial charge in [-0.25, -0.2) is 0 Å². The molecule has 1 aromatic heterocycles. The lowest BCUT2D eigenvalue weighted by Crippen LogP contribution is -2.49. The Kier molecular flexibility index (Phi) is 5.63. The van der Waals surface area contributed by atoms with Crippen LogP contribution in [0.3, 0.4) is 0 Å². The van der Waals surface area contributed by atoms with Crippen molar-refractivity contribution in [1.29, 1.82) is 0 Å². The Morgan fingerprint density at radius 1 is 1.04 bits per heavy atom. The van der Waals surface area contributed by atoms with Crippen LogP contribution in [-0.4, -0.2) is 67.1 Å². The summed E-state index contributed by atoms with van der Waals surface area (Å²) >= 11 is 0. The van der Waals surface area contributed by atoms with Gasteiger partial charge in [0.15, 0.2) is 0 Å².